The maximum atomic E-state index is 13.2. The van der Waals surface area contributed by atoms with Crippen LogP contribution in [-0.2, 0) is 0 Å². The first-order chi connectivity index (χ1) is 10.8. The first-order valence-corrected chi connectivity index (χ1v) is 6.50. The normalized spacial score (nSPS) is 12.6. The number of aromatic nitrogens is 2. The van der Waals surface area contributed by atoms with Crippen LogP contribution >= 0.6 is 0 Å². The third kappa shape index (κ3) is 3.99. The summed E-state index contributed by atoms with van der Waals surface area (Å²) in [6.45, 7) is 0. The molecule has 0 spiro atoms. The number of imidazole rings is 1. The second-order valence-corrected chi connectivity index (χ2v) is 4.70. The highest BCUT2D eigenvalue weighted by molar-refractivity contribution is 6.02. The minimum absolute atomic E-state index is 0.125. The number of para-hydroxylation sites is 1. The number of benzene rings is 1. The van der Waals surface area contributed by atoms with Gasteiger partial charge in [0.05, 0.1) is 5.56 Å². The maximum absolute atomic E-state index is 13.2. The molecule has 0 aliphatic rings. The molecule has 5 nitrogen and oxygen atoms in total. The molecule has 0 unspecified atom stereocenters. The van der Waals surface area contributed by atoms with Gasteiger partial charge < -0.3 is 9.75 Å². The molecule has 1 aromatic heterocycles. The van der Waals surface area contributed by atoms with Gasteiger partial charge in [0.15, 0.2) is 5.84 Å². The maximum Gasteiger partial charge on any atom is 0.461 e. The molecule has 1 aromatic carbocycles. The van der Waals surface area contributed by atoms with Crippen molar-refractivity contribution in [1.82, 2.24) is 14.6 Å². The van der Waals surface area contributed by atoms with E-state index in [2.05, 4.69) is 14.8 Å². The van der Waals surface area contributed by atoms with E-state index in [0.717, 1.165) is 0 Å². The van der Waals surface area contributed by atoms with Gasteiger partial charge >= 0.3 is 12.5 Å². The van der Waals surface area contributed by atoms with E-state index >= 15 is 0 Å². The third-order valence-electron chi connectivity index (χ3n) is 2.67. The Kier molecular flexibility index (Phi) is 4.87. The van der Waals surface area contributed by atoms with E-state index in [1.54, 1.807) is 26.4 Å². The van der Waals surface area contributed by atoms with Crippen LogP contribution in [0, 0.1) is 0 Å². The monoisotopic (exact) mass is 330 g/mol. The average Bonchev–Trinajstić information content (AvgIpc) is 2.99. The molecule has 0 aliphatic carbocycles. The first-order valence-electron chi connectivity index (χ1n) is 6.50. The molecule has 23 heavy (non-hydrogen) atoms. The summed E-state index contributed by atoms with van der Waals surface area (Å²) in [5.74, 6) is -0.208. The lowest BCUT2D eigenvalue weighted by Crippen LogP contribution is -2.34. The number of hydrogen-bond acceptors (Lipinski definition) is 4. The van der Waals surface area contributed by atoms with E-state index in [0.29, 0.717) is 0 Å². The average molecular weight is 330 g/mol. The van der Waals surface area contributed by atoms with Gasteiger partial charge in [-0.05, 0) is 12.1 Å². The summed E-state index contributed by atoms with van der Waals surface area (Å²) in [5.41, 5.74) is 0.125. The van der Waals surface area contributed by atoms with Crippen molar-refractivity contribution < 1.29 is 22.3 Å². The van der Waals surface area contributed by atoms with Gasteiger partial charge in [-0.2, -0.15) is 22.7 Å². The van der Waals surface area contributed by atoms with Gasteiger partial charge in [-0.25, -0.2) is 4.98 Å². The summed E-state index contributed by atoms with van der Waals surface area (Å²) >= 11 is 0. The second-order valence-electron chi connectivity index (χ2n) is 4.70. The van der Waals surface area contributed by atoms with Crippen molar-refractivity contribution in [3.8, 4) is 5.75 Å². The molecular weight excluding hydrogens is 316 g/mol. The zero-order valence-electron chi connectivity index (χ0n) is 12.3. The topological polar surface area (TPSA) is 42.6 Å². The summed E-state index contributed by atoms with van der Waals surface area (Å²) < 4.78 is 56.9. The van der Waals surface area contributed by atoms with Crippen molar-refractivity contribution in [2.75, 3.05) is 14.1 Å². The molecule has 0 amide bonds. The molecule has 2 aromatic rings. The van der Waals surface area contributed by atoms with Crippen molar-refractivity contribution in [2.45, 2.75) is 12.5 Å². The number of nitrogens with zero attached hydrogens (tertiary/aromatic N) is 4. The Morgan fingerprint density at radius 1 is 1.30 bits per heavy atom. The molecule has 0 fully saturated rings. The Balaban J connectivity index is 2.49. The van der Waals surface area contributed by atoms with Crippen LogP contribution < -0.4 is 4.74 Å². The zero-order chi connectivity index (χ0) is 17.0. The fraction of sp³-hybridized carbons (Fsp3) is 0.286. The number of alkyl halides is 4. The van der Waals surface area contributed by atoms with Crippen LogP contribution in [0.2, 0.25) is 0 Å². The lowest BCUT2D eigenvalue weighted by atomic mass is 10.2. The van der Waals surface area contributed by atoms with Gasteiger partial charge in [0.1, 0.15) is 12.1 Å². The fourth-order valence-corrected chi connectivity index (χ4v) is 1.75. The number of rotatable bonds is 5. The largest absolute Gasteiger partial charge is 0.461 e. The number of ether oxygens (including phenoxy) is 1. The molecule has 0 bridgehead atoms. The summed E-state index contributed by atoms with van der Waals surface area (Å²) in [7, 11) is 3.27. The predicted molar refractivity (Wildman–Crippen MR) is 75.9 cm³/mol. The van der Waals surface area contributed by atoms with E-state index in [1.165, 1.54) is 40.3 Å². The van der Waals surface area contributed by atoms with Gasteiger partial charge in [0, 0.05) is 26.5 Å². The van der Waals surface area contributed by atoms with E-state index in [1.807, 2.05) is 0 Å². The first kappa shape index (κ1) is 16.8. The molecule has 124 valence electrons. The van der Waals surface area contributed by atoms with Crippen molar-refractivity contribution in [3.05, 3.63) is 48.5 Å². The highest BCUT2D eigenvalue weighted by Crippen LogP contribution is 2.30. The number of hydrazone groups is 1. The molecule has 0 radical (unpaired) electrons. The van der Waals surface area contributed by atoms with E-state index < -0.39 is 18.3 Å². The number of hydrogen-bond donors (Lipinski definition) is 0. The van der Waals surface area contributed by atoms with Crippen molar-refractivity contribution in [2.24, 2.45) is 5.10 Å². The second kappa shape index (κ2) is 6.67. The highest BCUT2D eigenvalue weighted by Gasteiger charge is 2.44. The molecule has 0 N–H and O–H groups in total. The molecular formula is C14H14F4N4O. The van der Waals surface area contributed by atoms with Gasteiger partial charge in [0.2, 0.25) is 0 Å². The van der Waals surface area contributed by atoms with Crippen molar-refractivity contribution >= 4 is 5.84 Å². The minimum Gasteiger partial charge on any atom is -0.428 e. The Labute approximate surface area is 129 Å². The van der Waals surface area contributed by atoms with Crippen LogP contribution in [0.4, 0.5) is 17.6 Å². The van der Waals surface area contributed by atoms with Gasteiger partial charge in [-0.3, -0.25) is 4.57 Å². The molecule has 0 aliphatic heterocycles. The lowest BCUT2D eigenvalue weighted by molar-refractivity contribution is -0.253. The van der Waals surface area contributed by atoms with Gasteiger partial charge in [-0.15, -0.1) is 0 Å². The Bertz CT molecular complexity index is 671. The fourth-order valence-electron chi connectivity index (χ4n) is 1.75. The van der Waals surface area contributed by atoms with E-state index in [9.17, 15) is 17.6 Å². The standard InChI is InChI=1S/C14H14F4N4O/c1-21(2)20-12(22-8-7-19-9-22)10-5-3-4-6-11(10)23-14(17,18)13(15)16/h3-9,13H,1-2H3. The summed E-state index contributed by atoms with van der Waals surface area (Å²) in [6, 6.07) is 5.58. The summed E-state index contributed by atoms with van der Waals surface area (Å²) in [6.07, 6.45) is -4.12. The molecule has 0 saturated carbocycles. The summed E-state index contributed by atoms with van der Waals surface area (Å²) in [4.78, 5) is 3.86. The molecule has 0 atom stereocenters. The Hall–Kier alpha value is -2.58. The quantitative estimate of drug-likeness (QED) is 0.366. The minimum atomic E-state index is -4.60. The van der Waals surface area contributed by atoms with Crippen molar-refractivity contribution in [3.63, 3.8) is 0 Å². The Morgan fingerprint density at radius 2 is 2.00 bits per heavy atom. The summed E-state index contributed by atoms with van der Waals surface area (Å²) in [5, 5.41) is 5.63. The van der Waals surface area contributed by atoms with Crippen LogP contribution in [0.5, 0.6) is 5.75 Å². The third-order valence-corrected chi connectivity index (χ3v) is 2.67. The highest BCUT2D eigenvalue weighted by atomic mass is 19.3. The van der Waals surface area contributed by atoms with E-state index in [4.69, 9.17) is 0 Å². The molecule has 9 heteroatoms. The number of halogens is 4. The van der Waals surface area contributed by atoms with Gasteiger partial charge in [-0.1, -0.05) is 12.1 Å². The van der Waals surface area contributed by atoms with Crippen LogP contribution in [0.25, 0.3) is 0 Å². The Morgan fingerprint density at radius 3 is 2.57 bits per heavy atom. The SMILES string of the molecule is CN(C)N=C(c1ccccc1OC(F)(F)C(F)F)n1ccnc1. The van der Waals surface area contributed by atoms with Crippen molar-refractivity contribution in [1.29, 1.82) is 0 Å². The van der Waals surface area contributed by atoms with Crippen LogP contribution in [0.3, 0.4) is 0 Å². The van der Waals surface area contributed by atoms with Crippen LogP contribution in [0.1, 0.15) is 5.56 Å². The van der Waals surface area contributed by atoms with Gasteiger partial charge in [0.25, 0.3) is 0 Å². The van der Waals surface area contributed by atoms with Crippen LogP contribution in [-0.4, -0.2) is 47.0 Å². The zero-order valence-corrected chi connectivity index (χ0v) is 12.3. The molecule has 2 rings (SSSR count). The smallest absolute Gasteiger partial charge is 0.428 e. The van der Waals surface area contributed by atoms with Crippen LogP contribution in [0.15, 0.2) is 48.1 Å². The molecule has 1 heterocycles. The lowest BCUT2D eigenvalue weighted by Gasteiger charge is -2.20. The predicted octanol–water partition coefficient (Wildman–Crippen LogP) is 2.89. The van der Waals surface area contributed by atoms with E-state index in [-0.39, 0.29) is 11.4 Å². The molecule has 0 saturated heterocycles.